The van der Waals surface area contributed by atoms with Crippen LogP contribution in [-0.4, -0.2) is 49.9 Å². The fourth-order valence-corrected chi connectivity index (χ4v) is 4.53. The molecule has 0 aliphatic rings. The van der Waals surface area contributed by atoms with Gasteiger partial charge in [0.05, 0.1) is 39.0 Å². The lowest BCUT2D eigenvalue weighted by molar-refractivity contribution is 0.0953. The summed E-state index contributed by atoms with van der Waals surface area (Å²) in [5.74, 6) is 2.92. The fourth-order valence-electron chi connectivity index (χ4n) is 4.53. The van der Waals surface area contributed by atoms with Gasteiger partial charge in [-0.05, 0) is 56.2 Å². The zero-order valence-corrected chi connectivity index (χ0v) is 22.7. The number of aromatic nitrogens is 2. The lowest BCUT2D eigenvalue weighted by atomic mass is 10.1. The molecule has 0 spiro atoms. The number of imidazole rings is 1. The minimum absolute atomic E-state index is 0.228. The molecule has 0 saturated carbocycles. The maximum absolute atomic E-state index is 12.9. The van der Waals surface area contributed by atoms with Crippen LogP contribution in [0.3, 0.4) is 0 Å². The van der Waals surface area contributed by atoms with Gasteiger partial charge in [-0.3, -0.25) is 4.79 Å². The van der Waals surface area contributed by atoms with Gasteiger partial charge in [0, 0.05) is 25.1 Å². The number of amides is 1. The SMILES string of the molecule is COc1cc(C(=O)NCCc2nc3ccccc3n2CCCOc2ccc(C)cc2C)cc(OC)c1OC. The van der Waals surface area contributed by atoms with Crippen LogP contribution in [0.2, 0.25) is 0 Å². The largest absolute Gasteiger partial charge is 0.493 e. The van der Waals surface area contributed by atoms with E-state index in [0.717, 1.165) is 41.1 Å². The zero-order chi connectivity index (χ0) is 27.1. The summed E-state index contributed by atoms with van der Waals surface area (Å²) in [7, 11) is 4.58. The Morgan fingerprint density at radius 2 is 1.66 bits per heavy atom. The standard InChI is InChI=1S/C30H35N3O5/c1-20-11-12-25(21(2)17-20)38-16-8-15-33-24-10-7-6-9-23(24)32-28(33)13-14-31-30(34)22-18-26(35-3)29(37-5)27(19-22)36-4/h6-7,9-12,17-19H,8,13-16H2,1-5H3,(H,31,34). The third-order valence-electron chi connectivity index (χ3n) is 6.41. The zero-order valence-electron chi connectivity index (χ0n) is 22.7. The molecular formula is C30H35N3O5. The van der Waals surface area contributed by atoms with Crippen molar-refractivity contribution in [2.75, 3.05) is 34.5 Å². The molecule has 8 heteroatoms. The van der Waals surface area contributed by atoms with Gasteiger partial charge in [-0.15, -0.1) is 0 Å². The van der Waals surface area contributed by atoms with E-state index < -0.39 is 0 Å². The van der Waals surface area contributed by atoms with E-state index in [1.54, 1.807) is 12.1 Å². The highest BCUT2D eigenvalue weighted by Gasteiger charge is 2.17. The first-order valence-corrected chi connectivity index (χ1v) is 12.7. The minimum Gasteiger partial charge on any atom is -0.493 e. The molecule has 0 aliphatic heterocycles. The molecule has 4 rings (SSSR count). The fraction of sp³-hybridized carbons (Fsp3) is 0.333. The highest BCUT2D eigenvalue weighted by molar-refractivity contribution is 5.95. The van der Waals surface area contributed by atoms with Crippen molar-refractivity contribution >= 4 is 16.9 Å². The maximum atomic E-state index is 12.9. The van der Waals surface area contributed by atoms with E-state index in [4.69, 9.17) is 23.9 Å². The minimum atomic E-state index is -0.228. The van der Waals surface area contributed by atoms with Crippen LogP contribution in [0.5, 0.6) is 23.0 Å². The predicted molar refractivity (Wildman–Crippen MR) is 148 cm³/mol. The van der Waals surface area contributed by atoms with E-state index in [9.17, 15) is 4.79 Å². The van der Waals surface area contributed by atoms with Crippen molar-refractivity contribution in [3.8, 4) is 23.0 Å². The van der Waals surface area contributed by atoms with Gasteiger partial charge >= 0.3 is 0 Å². The summed E-state index contributed by atoms with van der Waals surface area (Å²) in [6, 6.07) is 17.6. The molecule has 1 amide bonds. The first-order chi connectivity index (χ1) is 18.4. The Bertz CT molecular complexity index is 1390. The quantitative estimate of drug-likeness (QED) is 0.263. The number of methoxy groups -OCH3 is 3. The maximum Gasteiger partial charge on any atom is 0.251 e. The normalized spacial score (nSPS) is 10.9. The van der Waals surface area contributed by atoms with E-state index >= 15 is 0 Å². The number of fused-ring (bicyclic) bond motifs is 1. The summed E-state index contributed by atoms with van der Waals surface area (Å²) in [5.41, 5.74) is 4.80. The monoisotopic (exact) mass is 517 g/mol. The van der Waals surface area contributed by atoms with Gasteiger partial charge in [0.2, 0.25) is 5.75 Å². The van der Waals surface area contributed by atoms with Gasteiger partial charge in [-0.2, -0.15) is 0 Å². The number of benzene rings is 3. The summed E-state index contributed by atoms with van der Waals surface area (Å²) in [5, 5.41) is 2.99. The van der Waals surface area contributed by atoms with Gasteiger partial charge in [0.15, 0.2) is 11.5 Å². The molecule has 1 heterocycles. The number of aryl methyl sites for hydroxylation is 3. The van der Waals surface area contributed by atoms with E-state index in [1.165, 1.54) is 26.9 Å². The van der Waals surface area contributed by atoms with Crippen LogP contribution in [0.4, 0.5) is 0 Å². The van der Waals surface area contributed by atoms with E-state index in [-0.39, 0.29) is 5.91 Å². The van der Waals surface area contributed by atoms with Crippen LogP contribution >= 0.6 is 0 Å². The highest BCUT2D eigenvalue weighted by atomic mass is 16.5. The van der Waals surface area contributed by atoms with Crippen LogP contribution in [0.25, 0.3) is 11.0 Å². The van der Waals surface area contributed by atoms with Gasteiger partial charge in [0.25, 0.3) is 5.91 Å². The van der Waals surface area contributed by atoms with Crippen molar-refractivity contribution in [2.45, 2.75) is 33.2 Å². The summed E-state index contributed by atoms with van der Waals surface area (Å²) >= 11 is 0. The van der Waals surface area contributed by atoms with Crippen molar-refractivity contribution in [2.24, 2.45) is 0 Å². The number of para-hydroxylation sites is 2. The van der Waals surface area contributed by atoms with Gasteiger partial charge < -0.3 is 28.8 Å². The van der Waals surface area contributed by atoms with Crippen molar-refractivity contribution in [3.63, 3.8) is 0 Å². The number of hydrogen-bond donors (Lipinski definition) is 1. The molecule has 200 valence electrons. The second kappa shape index (κ2) is 12.4. The average Bonchev–Trinajstić information content (AvgIpc) is 3.28. The molecule has 0 unspecified atom stereocenters. The van der Waals surface area contributed by atoms with E-state index in [1.807, 2.05) is 24.3 Å². The highest BCUT2D eigenvalue weighted by Crippen LogP contribution is 2.38. The van der Waals surface area contributed by atoms with Gasteiger partial charge in [0.1, 0.15) is 11.6 Å². The van der Waals surface area contributed by atoms with E-state index in [2.05, 4.69) is 41.9 Å². The first-order valence-electron chi connectivity index (χ1n) is 12.7. The molecule has 0 radical (unpaired) electrons. The number of nitrogens with one attached hydrogen (secondary N) is 1. The Kier molecular flexibility index (Phi) is 8.73. The molecule has 1 N–H and O–H groups in total. The summed E-state index contributed by atoms with van der Waals surface area (Å²) in [6.07, 6.45) is 1.42. The topological polar surface area (TPSA) is 83.8 Å². The van der Waals surface area contributed by atoms with E-state index in [0.29, 0.717) is 42.4 Å². The second-order valence-electron chi connectivity index (χ2n) is 9.06. The molecule has 4 aromatic rings. The predicted octanol–water partition coefficient (Wildman–Crippen LogP) is 5.12. The Morgan fingerprint density at radius 1 is 0.921 bits per heavy atom. The summed E-state index contributed by atoms with van der Waals surface area (Å²) in [4.78, 5) is 17.7. The lowest BCUT2D eigenvalue weighted by Gasteiger charge is -2.14. The smallest absolute Gasteiger partial charge is 0.251 e. The molecule has 38 heavy (non-hydrogen) atoms. The third kappa shape index (κ3) is 6.02. The molecule has 0 fully saturated rings. The number of hydrogen-bond acceptors (Lipinski definition) is 6. The number of carbonyl (C=O) groups is 1. The number of nitrogens with zero attached hydrogens (tertiary/aromatic N) is 2. The molecule has 0 bridgehead atoms. The summed E-state index contributed by atoms with van der Waals surface area (Å²) in [6.45, 7) is 5.94. The molecular weight excluding hydrogens is 482 g/mol. The van der Waals surface area contributed by atoms with Crippen LogP contribution in [0, 0.1) is 13.8 Å². The number of carbonyl (C=O) groups excluding carboxylic acids is 1. The second-order valence-corrected chi connectivity index (χ2v) is 9.06. The number of rotatable bonds is 12. The van der Waals surface area contributed by atoms with Crippen LogP contribution in [-0.2, 0) is 13.0 Å². The van der Waals surface area contributed by atoms with Crippen molar-refractivity contribution in [1.29, 1.82) is 0 Å². The van der Waals surface area contributed by atoms with Crippen molar-refractivity contribution in [3.05, 3.63) is 77.1 Å². The van der Waals surface area contributed by atoms with Crippen LogP contribution in [0.15, 0.2) is 54.6 Å². The molecule has 0 aliphatic carbocycles. The third-order valence-corrected chi connectivity index (χ3v) is 6.41. The molecule has 0 atom stereocenters. The Morgan fingerprint density at radius 3 is 2.34 bits per heavy atom. The lowest BCUT2D eigenvalue weighted by Crippen LogP contribution is -2.26. The first kappa shape index (κ1) is 26.9. The van der Waals surface area contributed by atoms with Gasteiger partial charge in [-0.1, -0.05) is 29.8 Å². The Labute approximate surface area is 223 Å². The number of ether oxygens (including phenoxy) is 4. The Balaban J connectivity index is 1.41. The van der Waals surface area contributed by atoms with Crippen LogP contribution < -0.4 is 24.3 Å². The Hall–Kier alpha value is -4.20. The molecule has 3 aromatic carbocycles. The molecule has 0 saturated heterocycles. The average molecular weight is 518 g/mol. The summed E-state index contributed by atoms with van der Waals surface area (Å²) < 4.78 is 24.3. The van der Waals surface area contributed by atoms with Crippen molar-refractivity contribution < 1.29 is 23.7 Å². The van der Waals surface area contributed by atoms with Crippen LogP contribution in [0.1, 0.15) is 33.7 Å². The van der Waals surface area contributed by atoms with Crippen molar-refractivity contribution in [1.82, 2.24) is 14.9 Å². The molecule has 8 nitrogen and oxygen atoms in total. The molecule has 1 aromatic heterocycles. The van der Waals surface area contributed by atoms with Gasteiger partial charge in [-0.25, -0.2) is 4.98 Å².